The molecule has 0 unspecified atom stereocenters. The molecule has 22 heavy (non-hydrogen) atoms. The molecular formula is C17H16O5. The molecule has 5 nitrogen and oxygen atoms in total. The second kappa shape index (κ2) is 5.97. The third kappa shape index (κ3) is 2.70. The molecule has 1 aliphatic heterocycles. The molecule has 0 amide bonds. The molecule has 3 rings (SSSR count). The van der Waals surface area contributed by atoms with Gasteiger partial charge in [-0.1, -0.05) is 6.07 Å². The van der Waals surface area contributed by atoms with Crippen LogP contribution in [-0.4, -0.2) is 26.8 Å². The number of hydrogen-bond acceptors (Lipinski definition) is 5. The van der Waals surface area contributed by atoms with E-state index in [2.05, 4.69) is 0 Å². The third-order valence-corrected chi connectivity index (χ3v) is 3.51. The number of hydrogen-bond donors (Lipinski definition) is 0. The molecule has 2 aromatic carbocycles. The summed E-state index contributed by atoms with van der Waals surface area (Å²) in [5.74, 6) is 2.53. The van der Waals surface area contributed by atoms with Crippen LogP contribution in [0.5, 0.6) is 23.0 Å². The van der Waals surface area contributed by atoms with Crippen molar-refractivity contribution in [3.8, 4) is 23.0 Å². The van der Waals surface area contributed by atoms with Gasteiger partial charge in [0.2, 0.25) is 6.79 Å². The van der Waals surface area contributed by atoms with E-state index in [0.717, 1.165) is 5.56 Å². The number of fused-ring (bicyclic) bond motifs is 1. The highest BCUT2D eigenvalue weighted by Gasteiger charge is 2.16. The maximum Gasteiger partial charge on any atom is 0.231 e. The minimum absolute atomic E-state index is 0.000168. The smallest absolute Gasteiger partial charge is 0.231 e. The number of carbonyl (C=O) groups is 1. The summed E-state index contributed by atoms with van der Waals surface area (Å²) in [6, 6.07) is 10.7. The predicted molar refractivity (Wildman–Crippen MR) is 80.1 cm³/mol. The molecule has 5 heteroatoms. The van der Waals surface area contributed by atoms with Gasteiger partial charge in [-0.05, 0) is 35.9 Å². The Morgan fingerprint density at radius 3 is 2.55 bits per heavy atom. The van der Waals surface area contributed by atoms with E-state index in [-0.39, 0.29) is 19.0 Å². The minimum Gasteiger partial charge on any atom is -0.493 e. The van der Waals surface area contributed by atoms with E-state index in [1.807, 2.05) is 18.2 Å². The number of rotatable bonds is 5. The fourth-order valence-electron chi connectivity index (χ4n) is 2.35. The number of methoxy groups -OCH3 is 2. The average Bonchev–Trinajstić information content (AvgIpc) is 3.01. The van der Waals surface area contributed by atoms with Gasteiger partial charge in [0, 0.05) is 12.0 Å². The predicted octanol–water partition coefficient (Wildman–Crippen LogP) is 2.86. The lowest BCUT2D eigenvalue weighted by atomic mass is 10.0. The van der Waals surface area contributed by atoms with Gasteiger partial charge in [-0.2, -0.15) is 0 Å². The van der Waals surface area contributed by atoms with Crippen LogP contribution in [0.1, 0.15) is 15.9 Å². The molecule has 1 aliphatic rings. The van der Waals surface area contributed by atoms with Crippen LogP contribution in [0.4, 0.5) is 0 Å². The minimum atomic E-state index is -0.000168. The zero-order valence-electron chi connectivity index (χ0n) is 12.4. The second-order valence-corrected chi connectivity index (χ2v) is 4.86. The van der Waals surface area contributed by atoms with Crippen LogP contribution in [0.3, 0.4) is 0 Å². The SMILES string of the molecule is COc1ccc(C(=O)Cc2ccc3c(c2)OCO3)cc1OC. The molecule has 0 atom stereocenters. The molecular weight excluding hydrogens is 284 g/mol. The quantitative estimate of drug-likeness (QED) is 0.795. The lowest BCUT2D eigenvalue weighted by Crippen LogP contribution is -2.04. The number of Topliss-reactive ketones (excluding diaryl/α,β-unsaturated/α-hetero) is 1. The molecule has 0 aliphatic carbocycles. The molecule has 0 N–H and O–H groups in total. The van der Waals surface area contributed by atoms with Crippen LogP contribution in [0.2, 0.25) is 0 Å². The zero-order valence-corrected chi connectivity index (χ0v) is 12.4. The first-order valence-electron chi connectivity index (χ1n) is 6.85. The van der Waals surface area contributed by atoms with Crippen LogP contribution < -0.4 is 18.9 Å². The van der Waals surface area contributed by atoms with Crippen LogP contribution >= 0.6 is 0 Å². The summed E-state index contributed by atoms with van der Waals surface area (Å²) in [5.41, 5.74) is 1.46. The van der Waals surface area contributed by atoms with Gasteiger partial charge < -0.3 is 18.9 Å². The van der Waals surface area contributed by atoms with E-state index in [9.17, 15) is 4.79 Å². The standard InChI is InChI=1S/C17H16O5/c1-19-14-6-4-12(9-16(14)20-2)13(18)7-11-3-5-15-17(8-11)22-10-21-15/h3-6,8-9H,7,10H2,1-2H3. The highest BCUT2D eigenvalue weighted by atomic mass is 16.7. The van der Waals surface area contributed by atoms with Crippen LogP contribution in [0.25, 0.3) is 0 Å². The van der Waals surface area contributed by atoms with E-state index in [4.69, 9.17) is 18.9 Å². The third-order valence-electron chi connectivity index (χ3n) is 3.51. The summed E-state index contributed by atoms with van der Waals surface area (Å²) >= 11 is 0. The summed E-state index contributed by atoms with van der Waals surface area (Å²) in [6.07, 6.45) is 0.284. The average molecular weight is 300 g/mol. The Hall–Kier alpha value is -2.69. The molecule has 0 saturated carbocycles. The number of benzene rings is 2. The number of ether oxygens (including phenoxy) is 4. The fraction of sp³-hybridized carbons (Fsp3) is 0.235. The Morgan fingerprint density at radius 1 is 1.00 bits per heavy atom. The van der Waals surface area contributed by atoms with Crippen molar-refractivity contribution in [2.75, 3.05) is 21.0 Å². The maximum absolute atomic E-state index is 12.4. The first-order chi connectivity index (χ1) is 10.7. The van der Waals surface area contributed by atoms with Gasteiger partial charge in [0.25, 0.3) is 0 Å². The molecule has 0 saturated heterocycles. The van der Waals surface area contributed by atoms with Crippen LogP contribution in [0.15, 0.2) is 36.4 Å². The maximum atomic E-state index is 12.4. The monoisotopic (exact) mass is 300 g/mol. The van der Waals surface area contributed by atoms with Gasteiger partial charge >= 0.3 is 0 Å². The van der Waals surface area contributed by atoms with Crippen molar-refractivity contribution < 1.29 is 23.7 Å². The van der Waals surface area contributed by atoms with Gasteiger partial charge in [0.1, 0.15) is 0 Å². The summed E-state index contributed by atoms with van der Waals surface area (Å²) in [7, 11) is 3.11. The van der Waals surface area contributed by atoms with E-state index in [1.54, 1.807) is 32.4 Å². The number of ketones is 1. The van der Waals surface area contributed by atoms with Crippen LogP contribution in [0, 0.1) is 0 Å². The lowest BCUT2D eigenvalue weighted by Gasteiger charge is -2.09. The van der Waals surface area contributed by atoms with Crippen molar-refractivity contribution in [3.63, 3.8) is 0 Å². The summed E-state index contributed by atoms with van der Waals surface area (Å²) in [4.78, 5) is 12.4. The van der Waals surface area contributed by atoms with Crippen molar-refractivity contribution in [1.82, 2.24) is 0 Å². The fourth-order valence-corrected chi connectivity index (χ4v) is 2.35. The molecule has 114 valence electrons. The topological polar surface area (TPSA) is 54.0 Å². The van der Waals surface area contributed by atoms with Gasteiger partial charge in [0.15, 0.2) is 28.8 Å². The highest BCUT2D eigenvalue weighted by molar-refractivity contribution is 5.98. The molecule has 0 fully saturated rings. The molecule has 0 spiro atoms. The first-order valence-corrected chi connectivity index (χ1v) is 6.85. The summed E-state index contributed by atoms with van der Waals surface area (Å²) in [6.45, 7) is 0.225. The number of carbonyl (C=O) groups excluding carboxylic acids is 1. The Labute approximate surface area is 128 Å². The van der Waals surface area contributed by atoms with Gasteiger partial charge in [0.05, 0.1) is 14.2 Å². The van der Waals surface area contributed by atoms with Crippen molar-refractivity contribution in [2.24, 2.45) is 0 Å². The van der Waals surface area contributed by atoms with Crippen molar-refractivity contribution >= 4 is 5.78 Å². The Balaban J connectivity index is 1.79. The van der Waals surface area contributed by atoms with Gasteiger partial charge in [-0.15, -0.1) is 0 Å². The van der Waals surface area contributed by atoms with E-state index in [0.29, 0.717) is 28.6 Å². The normalized spacial score (nSPS) is 12.1. The lowest BCUT2D eigenvalue weighted by molar-refractivity contribution is 0.0992. The molecule has 0 radical (unpaired) electrons. The molecule has 0 bridgehead atoms. The Morgan fingerprint density at radius 2 is 1.77 bits per heavy atom. The van der Waals surface area contributed by atoms with Crippen molar-refractivity contribution in [1.29, 1.82) is 0 Å². The second-order valence-electron chi connectivity index (χ2n) is 4.86. The zero-order chi connectivity index (χ0) is 15.5. The Bertz CT molecular complexity index is 708. The van der Waals surface area contributed by atoms with Gasteiger partial charge in [-0.3, -0.25) is 4.79 Å². The molecule has 0 aromatic heterocycles. The largest absolute Gasteiger partial charge is 0.493 e. The summed E-state index contributed by atoms with van der Waals surface area (Å²) < 4.78 is 21.0. The van der Waals surface area contributed by atoms with Gasteiger partial charge in [-0.25, -0.2) is 0 Å². The van der Waals surface area contributed by atoms with E-state index >= 15 is 0 Å². The van der Waals surface area contributed by atoms with E-state index < -0.39 is 0 Å². The van der Waals surface area contributed by atoms with Crippen molar-refractivity contribution in [2.45, 2.75) is 6.42 Å². The Kier molecular flexibility index (Phi) is 3.87. The molecule has 2 aromatic rings. The highest BCUT2D eigenvalue weighted by Crippen LogP contribution is 2.33. The van der Waals surface area contributed by atoms with Crippen LogP contribution in [-0.2, 0) is 6.42 Å². The van der Waals surface area contributed by atoms with E-state index in [1.165, 1.54) is 0 Å². The molecule has 1 heterocycles. The first kappa shape index (κ1) is 14.3. The summed E-state index contributed by atoms with van der Waals surface area (Å²) in [5, 5.41) is 0. The van der Waals surface area contributed by atoms with Crippen molar-refractivity contribution in [3.05, 3.63) is 47.5 Å².